The van der Waals surface area contributed by atoms with E-state index in [0.29, 0.717) is 35.7 Å². The van der Waals surface area contributed by atoms with Gasteiger partial charge >= 0.3 is 5.97 Å². The largest absolute Gasteiger partial charge is 0.478 e. The molecule has 0 atom stereocenters. The van der Waals surface area contributed by atoms with Crippen molar-refractivity contribution in [1.29, 1.82) is 0 Å². The summed E-state index contributed by atoms with van der Waals surface area (Å²) < 4.78 is 6.52. The maximum absolute atomic E-state index is 11.1. The Kier molecular flexibility index (Phi) is 2.90. The van der Waals surface area contributed by atoms with Gasteiger partial charge in [0.2, 0.25) is 5.89 Å². The fourth-order valence-corrected chi connectivity index (χ4v) is 1.98. The van der Waals surface area contributed by atoms with E-state index in [-0.39, 0.29) is 5.56 Å². The normalized spacial score (nSPS) is 11.1. The zero-order valence-electron chi connectivity index (χ0n) is 10.6. The van der Waals surface area contributed by atoms with Crippen molar-refractivity contribution in [3.8, 4) is 0 Å². The summed E-state index contributed by atoms with van der Waals surface area (Å²) in [4.78, 5) is 15.2. The van der Waals surface area contributed by atoms with Gasteiger partial charge in [-0.05, 0) is 12.1 Å². The minimum absolute atomic E-state index is 0.143. The van der Waals surface area contributed by atoms with Gasteiger partial charge in [0.15, 0.2) is 5.82 Å². The Balaban J connectivity index is 1.89. The zero-order chi connectivity index (χ0) is 14.1. The Morgan fingerprint density at radius 1 is 1.45 bits per heavy atom. The predicted octanol–water partition coefficient (Wildman–Crippen LogP) is 1.06. The molecule has 0 aliphatic rings. The number of nitrogens with zero attached hydrogens (tertiary/aromatic N) is 5. The first-order valence-electron chi connectivity index (χ1n) is 6.00. The van der Waals surface area contributed by atoms with Crippen LogP contribution in [0.3, 0.4) is 0 Å². The molecule has 8 heteroatoms. The van der Waals surface area contributed by atoms with Crippen molar-refractivity contribution in [2.45, 2.75) is 19.9 Å². The highest BCUT2D eigenvalue weighted by molar-refractivity contribution is 6.00. The van der Waals surface area contributed by atoms with Crippen LogP contribution in [0, 0.1) is 6.92 Å². The second kappa shape index (κ2) is 4.72. The first kappa shape index (κ1) is 12.3. The van der Waals surface area contributed by atoms with Crippen molar-refractivity contribution < 1.29 is 14.4 Å². The minimum atomic E-state index is -1.02. The van der Waals surface area contributed by atoms with E-state index in [1.807, 2.05) is 0 Å². The first-order valence-corrected chi connectivity index (χ1v) is 6.00. The summed E-state index contributed by atoms with van der Waals surface area (Å²) >= 11 is 0. The minimum Gasteiger partial charge on any atom is -0.478 e. The van der Waals surface area contributed by atoms with Gasteiger partial charge < -0.3 is 9.63 Å². The quantitative estimate of drug-likeness (QED) is 0.757. The van der Waals surface area contributed by atoms with Crippen LogP contribution in [-0.4, -0.2) is 36.2 Å². The second-order valence-electron chi connectivity index (χ2n) is 4.27. The highest BCUT2D eigenvalue weighted by Crippen LogP contribution is 2.16. The molecule has 0 saturated heterocycles. The van der Waals surface area contributed by atoms with Crippen molar-refractivity contribution in [2.24, 2.45) is 0 Å². The topological polar surface area (TPSA) is 107 Å². The van der Waals surface area contributed by atoms with Gasteiger partial charge in [0, 0.05) is 13.3 Å². The lowest BCUT2D eigenvalue weighted by Gasteiger charge is -2.00. The van der Waals surface area contributed by atoms with Crippen LogP contribution in [0.5, 0.6) is 0 Å². The monoisotopic (exact) mass is 273 g/mol. The van der Waals surface area contributed by atoms with Crippen LogP contribution >= 0.6 is 0 Å². The Morgan fingerprint density at radius 2 is 2.30 bits per heavy atom. The van der Waals surface area contributed by atoms with E-state index in [4.69, 9.17) is 9.63 Å². The van der Waals surface area contributed by atoms with Gasteiger partial charge in [-0.1, -0.05) is 16.4 Å². The number of rotatable bonds is 4. The predicted molar refractivity (Wildman–Crippen MR) is 67.2 cm³/mol. The smallest absolute Gasteiger partial charge is 0.338 e. The number of carboxylic acid groups (broad SMARTS) is 1. The molecule has 0 bridgehead atoms. The molecule has 0 fully saturated rings. The van der Waals surface area contributed by atoms with Gasteiger partial charge in [-0.25, -0.2) is 9.48 Å². The van der Waals surface area contributed by atoms with Gasteiger partial charge in [0.1, 0.15) is 5.52 Å². The Labute approximate surface area is 113 Å². The lowest BCUT2D eigenvalue weighted by atomic mass is 10.2. The van der Waals surface area contributed by atoms with Crippen LogP contribution in [0.4, 0.5) is 0 Å². The number of carbonyl (C=O) groups is 1. The molecule has 0 amide bonds. The molecule has 0 spiro atoms. The van der Waals surface area contributed by atoms with Crippen LogP contribution in [0.25, 0.3) is 11.0 Å². The molecular weight excluding hydrogens is 262 g/mol. The van der Waals surface area contributed by atoms with E-state index in [1.54, 1.807) is 23.7 Å². The average molecular weight is 273 g/mol. The van der Waals surface area contributed by atoms with Crippen LogP contribution < -0.4 is 0 Å². The number of benzene rings is 1. The highest BCUT2D eigenvalue weighted by Gasteiger charge is 2.14. The summed E-state index contributed by atoms with van der Waals surface area (Å²) in [6, 6.07) is 4.96. The Hall–Kier alpha value is -2.77. The molecule has 0 unspecified atom stereocenters. The second-order valence-corrected chi connectivity index (χ2v) is 4.27. The molecule has 2 aromatic heterocycles. The third-order valence-corrected chi connectivity index (χ3v) is 2.89. The summed E-state index contributed by atoms with van der Waals surface area (Å²) in [5, 5.41) is 20.8. The molecular formula is C12H11N5O3. The van der Waals surface area contributed by atoms with Gasteiger partial charge in [0.05, 0.1) is 17.6 Å². The molecule has 3 aromatic rings. The molecule has 0 saturated carbocycles. The first-order chi connectivity index (χ1) is 9.65. The van der Waals surface area contributed by atoms with Gasteiger partial charge in [0.25, 0.3) is 0 Å². The van der Waals surface area contributed by atoms with E-state index in [1.165, 1.54) is 6.07 Å². The lowest BCUT2D eigenvalue weighted by Crippen LogP contribution is -2.04. The number of hydrogen-bond acceptors (Lipinski definition) is 6. The van der Waals surface area contributed by atoms with Gasteiger partial charge in [-0.15, -0.1) is 5.10 Å². The van der Waals surface area contributed by atoms with E-state index in [9.17, 15) is 4.79 Å². The highest BCUT2D eigenvalue weighted by atomic mass is 16.5. The van der Waals surface area contributed by atoms with Crippen LogP contribution in [0.2, 0.25) is 0 Å². The van der Waals surface area contributed by atoms with Crippen LogP contribution in [-0.2, 0) is 13.0 Å². The van der Waals surface area contributed by atoms with E-state index >= 15 is 0 Å². The molecule has 3 rings (SSSR count). The molecule has 0 radical (unpaired) electrons. The Bertz CT molecular complexity index is 776. The third kappa shape index (κ3) is 2.11. The van der Waals surface area contributed by atoms with Crippen molar-refractivity contribution in [1.82, 2.24) is 25.1 Å². The number of hydrogen-bond donors (Lipinski definition) is 1. The van der Waals surface area contributed by atoms with Gasteiger partial charge in [-0.3, -0.25) is 0 Å². The third-order valence-electron chi connectivity index (χ3n) is 2.89. The number of aromatic nitrogens is 5. The number of carboxylic acids is 1. The van der Waals surface area contributed by atoms with E-state index in [0.717, 1.165) is 0 Å². The molecule has 8 nitrogen and oxygen atoms in total. The molecule has 0 aliphatic carbocycles. The summed E-state index contributed by atoms with van der Waals surface area (Å²) in [6.45, 7) is 2.22. The standard InChI is InChI=1S/C12H11N5O3/c1-7-13-10(15-20-7)5-6-17-9-4-2-3-8(12(18)19)11(9)14-16-17/h2-4H,5-6H2,1H3,(H,18,19). The fraction of sp³-hybridized carbons (Fsp3) is 0.250. The Morgan fingerprint density at radius 3 is 3.00 bits per heavy atom. The average Bonchev–Trinajstić information content (AvgIpc) is 3.02. The summed E-state index contributed by atoms with van der Waals surface area (Å²) in [5.74, 6) is 0.0774. The zero-order valence-corrected chi connectivity index (χ0v) is 10.6. The lowest BCUT2D eigenvalue weighted by molar-refractivity contribution is 0.0699. The van der Waals surface area contributed by atoms with Gasteiger partial charge in [-0.2, -0.15) is 4.98 Å². The van der Waals surface area contributed by atoms with E-state index in [2.05, 4.69) is 20.5 Å². The summed E-state index contributed by atoms with van der Waals surface area (Å²) in [6.07, 6.45) is 0.535. The molecule has 0 aliphatic heterocycles. The van der Waals surface area contributed by atoms with Crippen molar-refractivity contribution in [3.05, 3.63) is 35.5 Å². The molecule has 1 N–H and O–H groups in total. The molecule has 20 heavy (non-hydrogen) atoms. The molecule has 102 valence electrons. The summed E-state index contributed by atoms with van der Waals surface area (Å²) in [7, 11) is 0. The number of fused-ring (bicyclic) bond motifs is 1. The SMILES string of the molecule is Cc1nc(CCn2nnc3c(C(=O)O)cccc32)no1. The van der Waals surface area contributed by atoms with Crippen LogP contribution in [0.15, 0.2) is 22.7 Å². The summed E-state index contributed by atoms with van der Waals surface area (Å²) in [5.41, 5.74) is 1.19. The van der Waals surface area contributed by atoms with Crippen molar-refractivity contribution >= 4 is 17.0 Å². The van der Waals surface area contributed by atoms with E-state index < -0.39 is 5.97 Å². The fourth-order valence-electron chi connectivity index (χ4n) is 1.98. The maximum atomic E-state index is 11.1. The van der Waals surface area contributed by atoms with Crippen molar-refractivity contribution in [2.75, 3.05) is 0 Å². The molecule has 2 heterocycles. The number of aryl methyl sites for hydroxylation is 3. The maximum Gasteiger partial charge on any atom is 0.338 e. The number of aromatic carboxylic acids is 1. The van der Waals surface area contributed by atoms with Crippen LogP contribution in [0.1, 0.15) is 22.1 Å². The van der Waals surface area contributed by atoms with Crippen molar-refractivity contribution in [3.63, 3.8) is 0 Å². The molecule has 1 aromatic carbocycles.